The summed E-state index contributed by atoms with van der Waals surface area (Å²) >= 11 is 12.0. The fourth-order valence-corrected chi connectivity index (χ4v) is 3.56. The van der Waals surface area contributed by atoms with Crippen LogP contribution < -0.4 is 5.32 Å². The topological polar surface area (TPSA) is 74.8 Å². The monoisotopic (exact) mass is 423 g/mol. The van der Waals surface area contributed by atoms with Gasteiger partial charge < -0.3 is 5.32 Å². The molecule has 0 fully saturated rings. The number of amides is 1. The summed E-state index contributed by atoms with van der Waals surface area (Å²) in [7, 11) is 0. The van der Waals surface area contributed by atoms with Gasteiger partial charge in [0.25, 0.3) is 5.91 Å². The van der Waals surface area contributed by atoms with Gasteiger partial charge in [0, 0.05) is 16.0 Å². The molecule has 0 bridgehead atoms. The number of rotatable bonds is 4. The lowest BCUT2D eigenvalue weighted by molar-refractivity contribution is 0.101. The molecule has 0 radical (unpaired) electrons. The van der Waals surface area contributed by atoms with Crippen LogP contribution >= 0.6 is 23.2 Å². The molecule has 4 aromatic rings. The van der Waals surface area contributed by atoms with Crippen LogP contribution in [0.1, 0.15) is 27.6 Å². The molecule has 3 aromatic carbocycles. The van der Waals surface area contributed by atoms with E-state index < -0.39 is 0 Å². The van der Waals surface area contributed by atoms with Crippen molar-refractivity contribution in [1.82, 2.24) is 10.2 Å². The van der Waals surface area contributed by atoms with Crippen molar-refractivity contribution in [2.24, 2.45) is 0 Å². The number of carbonyl (C=O) groups is 2. The summed E-state index contributed by atoms with van der Waals surface area (Å²) in [5.41, 5.74) is 3.58. The Morgan fingerprint density at radius 2 is 1.76 bits per heavy atom. The van der Waals surface area contributed by atoms with Crippen molar-refractivity contribution in [3.05, 3.63) is 81.8 Å². The Morgan fingerprint density at radius 3 is 2.52 bits per heavy atom. The Balaban J connectivity index is 1.64. The van der Waals surface area contributed by atoms with Gasteiger partial charge in [-0.15, -0.1) is 0 Å². The van der Waals surface area contributed by atoms with E-state index in [-0.39, 0.29) is 16.7 Å². The van der Waals surface area contributed by atoms with Gasteiger partial charge in [-0.2, -0.15) is 5.10 Å². The van der Waals surface area contributed by atoms with Crippen molar-refractivity contribution in [1.29, 1.82) is 0 Å². The summed E-state index contributed by atoms with van der Waals surface area (Å²) in [5.74, 6) is 0.0404. The van der Waals surface area contributed by atoms with Crippen molar-refractivity contribution in [2.45, 2.75) is 6.92 Å². The number of H-pyrrole nitrogens is 1. The van der Waals surface area contributed by atoms with Crippen molar-refractivity contribution in [3.63, 3.8) is 0 Å². The maximum absolute atomic E-state index is 12.6. The van der Waals surface area contributed by atoms with E-state index >= 15 is 0 Å². The zero-order valence-electron chi connectivity index (χ0n) is 15.3. The normalized spacial score (nSPS) is 10.9. The molecule has 0 aliphatic rings. The highest BCUT2D eigenvalue weighted by Gasteiger charge is 2.15. The highest BCUT2D eigenvalue weighted by molar-refractivity contribution is 6.37. The number of halogens is 2. The van der Waals surface area contributed by atoms with Gasteiger partial charge in [-0.05, 0) is 54.4 Å². The SMILES string of the molecule is CC(=O)c1cccc(-c2ccc3c(NC(=O)c4ccc(Cl)cc4Cl)n[nH]c3c2)c1. The molecule has 29 heavy (non-hydrogen) atoms. The Bertz CT molecular complexity index is 1260. The fraction of sp³-hybridized carbons (Fsp3) is 0.0455. The van der Waals surface area contributed by atoms with Crippen molar-refractivity contribution in [2.75, 3.05) is 5.32 Å². The van der Waals surface area contributed by atoms with Gasteiger partial charge in [-0.3, -0.25) is 14.7 Å². The molecule has 1 heterocycles. The van der Waals surface area contributed by atoms with Crippen LogP contribution in [0.2, 0.25) is 10.0 Å². The lowest BCUT2D eigenvalue weighted by Gasteiger charge is -2.06. The number of anilines is 1. The van der Waals surface area contributed by atoms with E-state index in [1.165, 1.54) is 6.07 Å². The number of Topliss-reactive ketones (excluding diaryl/α,β-unsaturated/α-hetero) is 1. The van der Waals surface area contributed by atoms with Gasteiger partial charge in [-0.1, -0.05) is 47.5 Å². The van der Waals surface area contributed by atoms with Crippen LogP contribution in [0.15, 0.2) is 60.7 Å². The molecular formula is C22H15Cl2N3O2. The molecule has 0 unspecified atom stereocenters. The maximum atomic E-state index is 12.6. The van der Waals surface area contributed by atoms with Gasteiger partial charge in [-0.25, -0.2) is 0 Å². The smallest absolute Gasteiger partial charge is 0.258 e. The van der Waals surface area contributed by atoms with Crippen LogP contribution in [-0.4, -0.2) is 21.9 Å². The predicted molar refractivity (Wildman–Crippen MR) is 116 cm³/mol. The molecule has 0 spiro atoms. The minimum absolute atomic E-state index is 0.0142. The average Bonchev–Trinajstić information content (AvgIpc) is 3.10. The van der Waals surface area contributed by atoms with Crippen LogP contribution in [0.5, 0.6) is 0 Å². The van der Waals surface area contributed by atoms with Crippen molar-refractivity contribution < 1.29 is 9.59 Å². The van der Waals surface area contributed by atoms with Crippen LogP contribution in [-0.2, 0) is 0 Å². The maximum Gasteiger partial charge on any atom is 0.258 e. The van der Waals surface area contributed by atoms with Crippen LogP contribution in [0, 0.1) is 0 Å². The minimum atomic E-state index is -0.377. The van der Waals surface area contributed by atoms with Gasteiger partial charge in [0.05, 0.1) is 16.1 Å². The lowest BCUT2D eigenvalue weighted by Crippen LogP contribution is -2.12. The second kappa shape index (κ2) is 7.70. The third-order valence-electron chi connectivity index (χ3n) is 4.57. The highest BCUT2D eigenvalue weighted by atomic mass is 35.5. The van der Waals surface area contributed by atoms with E-state index in [0.29, 0.717) is 22.0 Å². The first-order valence-electron chi connectivity index (χ1n) is 8.78. The minimum Gasteiger partial charge on any atom is -0.305 e. The Morgan fingerprint density at radius 1 is 0.966 bits per heavy atom. The summed E-state index contributed by atoms with van der Waals surface area (Å²) in [4.78, 5) is 24.2. The van der Waals surface area contributed by atoms with Gasteiger partial charge in [0.15, 0.2) is 11.6 Å². The molecule has 1 aromatic heterocycles. The molecule has 0 aliphatic carbocycles. The van der Waals surface area contributed by atoms with E-state index in [4.69, 9.17) is 23.2 Å². The van der Waals surface area contributed by atoms with E-state index in [1.54, 1.807) is 25.1 Å². The molecule has 0 atom stereocenters. The molecule has 4 rings (SSSR count). The van der Waals surface area contributed by atoms with Gasteiger partial charge >= 0.3 is 0 Å². The number of ketones is 1. The van der Waals surface area contributed by atoms with E-state index in [0.717, 1.165) is 22.0 Å². The second-order valence-corrected chi connectivity index (χ2v) is 7.39. The standard InChI is InChI=1S/C22H15Cl2N3O2/c1-12(28)13-3-2-4-14(9-13)15-5-7-18-20(10-15)26-27-21(18)25-22(29)17-8-6-16(23)11-19(17)24/h2-11H,1H3,(H2,25,26,27,29). The summed E-state index contributed by atoms with van der Waals surface area (Å²) in [6.45, 7) is 1.54. The molecule has 5 nitrogen and oxygen atoms in total. The summed E-state index contributed by atoms with van der Waals surface area (Å²) in [5, 5.41) is 11.4. The molecule has 2 N–H and O–H groups in total. The number of aromatic nitrogens is 2. The number of nitrogens with one attached hydrogen (secondary N) is 2. The number of aromatic amines is 1. The van der Waals surface area contributed by atoms with E-state index in [1.807, 2.05) is 36.4 Å². The third kappa shape index (κ3) is 3.88. The van der Waals surface area contributed by atoms with E-state index in [2.05, 4.69) is 15.5 Å². The van der Waals surface area contributed by atoms with Crippen molar-refractivity contribution >= 4 is 51.6 Å². The first-order chi connectivity index (χ1) is 13.9. The summed E-state index contributed by atoms with van der Waals surface area (Å²) in [6.07, 6.45) is 0. The predicted octanol–water partition coefficient (Wildman–Crippen LogP) is 5.99. The second-order valence-electron chi connectivity index (χ2n) is 6.55. The average molecular weight is 424 g/mol. The lowest BCUT2D eigenvalue weighted by atomic mass is 10.0. The van der Waals surface area contributed by atoms with Crippen LogP contribution in [0.25, 0.3) is 22.0 Å². The van der Waals surface area contributed by atoms with Crippen LogP contribution in [0.4, 0.5) is 5.82 Å². The Kier molecular flexibility index (Phi) is 5.09. The van der Waals surface area contributed by atoms with Gasteiger partial charge in [0.1, 0.15) is 0 Å². The van der Waals surface area contributed by atoms with Crippen LogP contribution in [0.3, 0.4) is 0 Å². The fourth-order valence-electron chi connectivity index (χ4n) is 3.06. The summed E-state index contributed by atoms with van der Waals surface area (Å²) in [6, 6.07) is 17.8. The molecular weight excluding hydrogens is 409 g/mol. The highest BCUT2D eigenvalue weighted by Crippen LogP contribution is 2.28. The molecule has 0 saturated carbocycles. The molecule has 1 amide bonds. The number of hydrogen-bond donors (Lipinski definition) is 2. The third-order valence-corrected chi connectivity index (χ3v) is 5.12. The van der Waals surface area contributed by atoms with E-state index in [9.17, 15) is 9.59 Å². The zero-order chi connectivity index (χ0) is 20.5. The Labute approximate surface area is 176 Å². The summed E-state index contributed by atoms with van der Waals surface area (Å²) < 4.78 is 0. The van der Waals surface area contributed by atoms with Gasteiger partial charge in [0.2, 0.25) is 0 Å². The largest absolute Gasteiger partial charge is 0.305 e. The quantitative estimate of drug-likeness (QED) is 0.395. The molecule has 0 aliphatic heterocycles. The number of hydrogen-bond acceptors (Lipinski definition) is 3. The first-order valence-corrected chi connectivity index (χ1v) is 9.54. The first kappa shape index (κ1) is 19.2. The molecule has 7 heteroatoms. The number of nitrogens with zero attached hydrogens (tertiary/aromatic N) is 1. The zero-order valence-corrected chi connectivity index (χ0v) is 16.8. The Hall–Kier alpha value is -3.15. The number of carbonyl (C=O) groups excluding carboxylic acids is 2. The van der Waals surface area contributed by atoms with Crippen molar-refractivity contribution in [3.8, 4) is 11.1 Å². The molecule has 144 valence electrons. The number of fused-ring (bicyclic) bond motifs is 1. The number of benzene rings is 3. The molecule has 0 saturated heterocycles.